The number of fused-ring (bicyclic) bond motifs is 1. The summed E-state index contributed by atoms with van der Waals surface area (Å²) in [5.41, 5.74) is 5.48. The molecule has 6 nitrogen and oxygen atoms in total. The molecular weight excluding hydrogens is 428 g/mol. The monoisotopic (exact) mass is 456 g/mol. The van der Waals surface area contributed by atoms with E-state index >= 15 is 0 Å². The third-order valence-corrected chi connectivity index (χ3v) is 6.51. The summed E-state index contributed by atoms with van der Waals surface area (Å²) in [4.78, 5) is 13.6. The maximum atomic E-state index is 13.6. The van der Waals surface area contributed by atoms with Crippen molar-refractivity contribution in [3.63, 3.8) is 0 Å². The summed E-state index contributed by atoms with van der Waals surface area (Å²) in [6, 6.07) is 20.9. The molecule has 3 aromatic rings. The van der Waals surface area contributed by atoms with E-state index in [1.54, 1.807) is 12.1 Å². The Morgan fingerprint density at radius 3 is 2.44 bits per heavy atom. The second kappa shape index (κ2) is 9.14. The molecule has 0 amide bonds. The predicted molar refractivity (Wildman–Crippen MR) is 133 cm³/mol. The smallest absolute Gasteiger partial charge is 0.163 e. The highest BCUT2D eigenvalue weighted by atomic mass is 16.5. The zero-order chi connectivity index (χ0) is 23.7. The number of carbonyl (C=O) groups excluding carboxylic acids is 1. The largest absolute Gasteiger partial charge is 0.504 e. The molecule has 0 saturated carbocycles. The van der Waals surface area contributed by atoms with Crippen LogP contribution in [0.5, 0.6) is 17.2 Å². The Kier molecular flexibility index (Phi) is 5.88. The summed E-state index contributed by atoms with van der Waals surface area (Å²) in [6.07, 6.45) is 1.15. The van der Waals surface area contributed by atoms with Crippen LogP contribution in [0.25, 0.3) is 0 Å². The molecule has 1 aliphatic heterocycles. The number of anilines is 2. The van der Waals surface area contributed by atoms with E-state index in [4.69, 9.17) is 9.47 Å². The van der Waals surface area contributed by atoms with Gasteiger partial charge in [-0.05, 0) is 66.8 Å². The van der Waals surface area contributed by atoms with Crippen LogP contribution in [0.2, 0.25) is 0 Å². The number of hydrogen-bond donors (Lipinski definition) is 3. The average molecular weight is 457 g/mol. The molecule has 3 N–H and O–H groups in total. The summed E-state index contributed by atoms with van der Waals surface area (Å²) in [7, 11) is 1.52. The maximum Gasteiger partial charge on any atom is 0.163 e. The molecule has 0 radical (unpaired) electrons. The topological polar surface area (TPSA) is 79.8 Å². The van der Waals surface area contributed by atoms with Crippen molar-refractivity contribution < 1.29 is 19.4 Å². The Morgan fingerprint density at radius 2 is 1.71 bits per heavy atom. The Balaban J connectivity index is 1.56. The predicted octanol–water partition coefficient (Wildman–Crippen LogP) is 5.78. The number of phenols is 1. The lowest BCUT2D eigenvalue weighted by Gasteiger charge is -2.30. The van der Waals surface area contributed by atoms with Crippen LogP contribution >= 0.6 is 0 Å². The molecule has 1 aliphatic carbocycles. The normalized spacial score (nSPS) is 19.3. The third kappa shape index (κ3) is 4.07. The van der Waals surface area contributed by atoms with Crippen molar-refractivity contribution in [2.75, 3.05) is 24.4 Å². The van der Waals surface area contributed by atoms with E-state index in [1.807, 2.05) is 49.4 Å². The summed E-state index contributed by atoms with van der Waals surface area (Å²) in [5, 5.41) is 17.2. The van der Waals surface area contributed by atoms with Crippen molar-refractivity contribution in [1.29, 1.82) is 0 Å². The number of phenolic OH excluding ortho intramolecular Hbond substituents is 1. The SMILES string of the molecule is CCOc1ccc(C2CC(=O)C3=C(C2)Nc2ccccc2NC3c2ccc(O)c(OC)c2)cc1. The van der Waals surface area contributed by atoms with Gasteiger partial charge in [-0.2, -0.15) is 0 Å². The van der Waals surface area contributed by atoms with Gasteiger partial charge in [-0.15, -0.1) is 0 Å². The number of ketones is 1. The third-order valence-electron chi connectivity index (χ3n) is 6.51. The minimum Gasteiger partial charge on any atom is -0.504 e. The minimum atomic E-state index is -0.366. The number of aromatic hydroxyl groups is 1. The first-order valence-electron chi connectivity index (χ1n) is 11.6. The van der Waals surface area contributed by atoms with Crippen molar-refractivity contribution >= 4 is 17.2 Å². The van der Waals surface area contributed by atoms with Gasteiger partial charge in [0, 0.05) is 17.7 Å². The van der Waals surface area contributed by atoms with Crippen LogP contribution in [-0.2, 0) is 4.79 Å². The molecule has 34 heavy (non-hydrogen) atoms. The lowest BCUT2D eigenvalue weighted by molar-refractivity contribution is -0.116. The van der Waals surface area contributed by atoms with Gasteiger partial charge in [0.15, 0.2) is 17.3 Å². The minimum absolute atomic E-state index is 0.0677. The van der Waals surface area contributed by atoms with Crippen molar-refractivity contribution in [2.24, 2.45) is 0 Å². The Bertz CT molecular complexity index is 1250. The van der Waals surface area contributed by atoms with Crippen molar-refractivity contribution in [2.45, 2.75) is 31.7 Å². The molecule has 2 unspecified atom stereocenters. The summed E-state index contributed by atoms with van der Waals surface area (Å²) in [5.74, 6) is 1.46. The van der Waals surface area contributed by atoms with Crippen LogP contribution < -0.4 is 20.1 Å². The molecule has 2 aliphatic rings. The van der Waals surface area contributed by atoms with Gasteiger partial charge in [0.2, 0.25) is 0 Å². The number of methoxy groups -OCH3 is 1. The molecule has 0 fully saturated rings. The fraction of sp³-hybridized carbons (Fsp3) is 0.250. The van der Waals surface area contributed by atoms with Crippen LogP contribution in [0.1, 0.15) is 42.9 Å². The highest BCUT2D eigenvalue weighted by Crippen LogP contribution is 2.45. The van der Waals surface area contributed by atoms with E-state index in [9.17, 15) is 9.90 Å². The first kappa shape index (κ1) is 21.9. The van der Waals surface area contributed by atoms with E-state index < -0.39 is 0 Å². The molecule has 174 valence electrons. The molecule has 0 bridgehead atoms. The van der Waals surface area contributed by atoms with Crippen molar-refractivity contribution in [3.8, 4) is 17.2 Å². The fourth-order valence-corrected chi connectivity index (χ4v) is 4.85. The van der Waals surface area contributed by atoms with E-state index in [-0.39, 0.29) is 23.5 Å². The van der Waals surface area contributed by atoms with Gasteiger partial charge in [0.05, 0.1) is 31.1 Å². The maximum absolute atomic E-state index is 13.6. The van der Waals surface area contributed by atoms with Gasteiger partial charge in [-0.1, -0.05) is 30.3 Å². The first-order valence-corrected chi connectivity index (χ1v) is 11.6. The van der Waals surface area contributed by atoms with E-state index in [0.717, 1.165) is 45.9 Å². The molecule has 0 spiro atoms. The number of allylic oxidation sites excluding steroid dienone is 1. The number of hydrogen-bond acceptors (Lipinski definition) is 6. The van der Waals surface area contributed by atoms with Gasteiger partial charge in [0.25, 0.3) is 0 Å². The number of benzene rings is 3. The summed E-state index contributed by atoms with van der Waals surface area (Å²) in [6.45, 7) is 2.59. The summed E-state index contributed by atoms with van der Waals surface area (Å²) < 4.78 is 10.9. The molecule has 2 atom stereocenters. The second-order valence-corrected chi connectivity index (χ2v) is 8.60. The molecule has 0 saturated heterocycles. The fourth-order valence-electron chi connectivity index (χ4n) is 4.85. The summed E-state index contributed by atoms with van der Waals surface area (Å²) >= 11 is 0. The zero-order valence-electron chi connectivity index (χ0n) is 19.3. The van der Waals surface area contributed by atoms with Crippen molar-refractivity contribution in [3.05, 3.63) is 89.1 Å². The molecule has 0 aromatic heterocycles. The highest BCUT2D eigenvalue weighted by Gasteiger charge is 2.36. The quantitative estimate of drug-likeness (QED) is 0.452. The van der Waals surface area contributed by atoms with Crippen molar-refractivity contribution in [1.82, 2.24) is 0 Å². The standard InChI is InChI=1S/C28H28N2O4/c1-3-34-20-11-8-17(9-12-20)19-14-23-27(25(32)15-19)28(18-10-13-24(31)26(16-18)33-2)30-22-7-5-4-6-21(22)29-23/h4-13,16,19,28-31H,3,14-15H2,1-2H3. The average Bonchev–Trinajstić information content (AvgIpc) is 3.02. The number of ether oxygens (including phenoxy) is 2. The van der Waals surface area contributed by atoms with Crippen LogP contribution in [0, 0.1) is 0 Å². The number of rotatable bonds is 5. The van der Waals surface area contributed by atoms with Gasteiger partial charge in [-0.3, -0.25) is 4.79 Å². The molecule has 3 aromatic carbocycles. The van der Waals surface area contributed by atoms with Gasteiger partial charge < -0.3 is 25.2 Å². The lowest BCUT2D eigenvalue weighted by atomic mass is 9.78. The van der Waals surface area contributed by atoms with Gasteiger partial charge in [0.1, 0.15) is 5.75 Å². The van der Waals surface area contributed by atoms with Crippen LogP contribution in [0.4, 0.5) is 11.4 Å². The zero-order valence-corrected chi connectivity index (χ0v) is 19.3. The van der Waals surface area contributed by atoms with Crippen LogP contribution in [0.15, 0.2) is 78.0 Å². The number of Topliss-reactive ketones (excluding diaryl/α,β-unsaturated/α-hetero) is 1. The Morgan fingerprint density at radius 1 is 0.971 bits per heavy atom. The molecule has 5 rings (SSSR count). The number of carbonyl (C=O) groups is 1. The van der Waals surface area contributed by atoms with Gasteiger partial charge >= 0.3 is 0 Å². The second-order valence-electron chi connectivity index (χ2n) is 8.60. The molecule has 1 heterocycles. The Hall–Kier alpha value is -3.93. The van der Waals surface area contributed by atoms with Gasteiger partial charge in [-0.25, -0.2) is 0 Å². The Labute approximate surface area is 199 Å². The molecule has 6 heteroatoms. The lowest BCUT2D eigenvalue weighted by Crippen LogP contribution is -2.26. The van der Waals surface area contributed by atoms with Crippen LogP contribution in [0.3, 0.4) is 0 Å². The highest BCUT2D eigenvalue weighted by molar-refractivity contribution is 6.01. The van der Waals surface area contributed by atoms with E-state index in [2.05, 4.69) is 22.8 Å². The number of nitrogens with one attached hydrogen (secondary N) is 2. The first-order chi connectivity index (χ1) is 16.6. The van der Waals surface area contributed by atoms with E-state index in [0.29, 0.717) is 18.8 Å². The van der Waals surface area contributed by atoms with E-state index in [1.165, 1.54) is 7.11 Å². The van der Waals surface area contributed by atoms with Crippen LogP contribution in [-0.4, -0.2) is 24.6 Å². The number of para-hydroxylation sites is 2. The molecular formula is C28H28N2O4.